The third-order valence-electron chi connectivity index (χ3n) is 6.43. The summed E-state index contributed by atoms with van der Waals surface area (Å²) in [5.74, 6) is 0.174. The number of carbonyl (C=O) groups is 3. The van der Waals surface area contributed by atoms with E-state index in [4.69, 9.17) is 0 Å². The highest BCUT2D eigenvalue weighted by molar-refractivity contribution is 5.95. The quantitative estimate of drug-likeness (QED) is 0.462. The molecule has 2 amide bonds. The Bertz CT molecular complexity index is 1110. The molecule has 0 N–H and O–H groups in total. The van der Waals surface area contributed by atoms with E-state index in [1.165, 1.54) is 18.1 Å². The molecule has 6 nitrogen and oxygen atoms in total. The van der Waals surface area contributed by atoms with Gasteiger partial charge in [0, 0.05) is 43.0 Å². The molecular formula is C29H35N3O3. The molecule has 1 saturated heterocycles. The number of Topliss-reactive ketones (excluding diaryl/α,β-unsaturated/α-hetero) is 1. The lowest BCUT2D eigenvalue weighted by atomic mass is 10.0. The van der Waals surface area contributed by atoms with Crippen molar-refractivity contribution >= 4 is 23.2 Å². The second-order valence-corrected chi connectivity index (χ2v) is 9.07. The first-order valence-electron chi connectivity index (χ1n) is 12.3. The minimum atomic E-state index is -0.0450. The van der Waals surface area contributed by atoms with Crippen molar-refractivity contribution in [3.05, 3.63) is 83.2 Å². The maximum atomic E-state index is 12.0. The molecule has 3 heterocycles. The van der Waals surface area contributed by atoms with Gasteiger partial charge < -0.3 is 9.80 Å². The predicted octanol–water partition coefficient (Wildman–Crippen LogP) is 5.02. The lowest BCUT2D eigenvalue weighted by molar-refractivity contribution is -0.125. The Morgan fingerprint density at radius 1 is 0.914 bits per heavy atom. The molecule has 0 spiro atoms. The van der Waals surface area contributed by atoms with Crippen LogP contribution in [0.25, 0.3) is 5.57 Å². The second-order valence-electron chi connectivity index (χ2n) is 9.07. The average Bonchev–Trinajstić information content (AvgIpc) is 2.89. The van der Waals surface area contributed by atoms with Crippen LogP contribution in [0.15, 0.2) is 55.1 Å². The van der Waals surface area contributed by atoms with E-state index in [2.05, 4.69) is 11.6 Å². The van der Waals surface area contributed by atoms with Crippen LogP contribution in [-0.4, -0.2) is 58.6 Å². The fraction of sp³-hybridized carbons (Fsp3) is 0.379. The van der Waals surface area contributed by atoms with Gasteiger partial charge in [0.25, 0.3) is 5.91 Å². The number of rotatable bonds is 4. The zero-order chi connectivity index (χ0) is 25.4. The largest absolute Gasteiger partial charge is 0.339 e. The number of amides is 2. The molecule has 184 valence electrons. The van der Waals surface area contributed by atoms with E-state index in [1.807, 2.05) is 61.2 Å². The minimum Gasteiger partial charge on any atom is -0.339 e. The molecule has 2 aromatic rings. The van der Waals surface area contributed by atoms with E-state index in [0.29, 0.717) is 18.7 Å². The third-order valence-corrected chi connectivity index (χ3v) is 6.43. The summed E-state index contributed by atoms with van der Waals surface area (Å²) < 4.78 is 0. The number of ketones is 1. The second kappa shape index (κ2) is 12.2. The van der Waals surface area contributed by atoms with Crippen LogP contribution in [-0.2, 0) is 4.79 Å². The molecule has 2 aliphatic rings. The van der Waals surface area contributed by atoms with Crippen molar-refractivity contribution in [2.45, 2.75) is 46.5 Å². The highest BCUT2D eigenvalue weighted by atomic mass is 16.2. The molecule has 6 heteroatoms. The highest BCUT2D eigenvalue weighted by Gasteiger charge is 2.18. The monoisotopic (exact) mass is 473 g/mol. The van der Waals surface area contributed by atoms with Crippen molar-refractivity contribution < 1.29 is 14.4 Å². The molecule has 35 heavy (non-hydrogen) atoms. The highest BCUT2D eigenvalue weighted by Crippen LogP contribution is 2.22. The lowest BCUT2D eigenvalue weighted by Gasteiger charge is -2.26. The van der Waals surface area contributed by atoms with E-state index >= 15 is 0 Å². The molecule has 0 bridgehead atoms. The van der Waals surface area contributed by atoms with E-state index < -0.39 is 0 Å². The molecule has 4 rings (SSSR count). The molecule has 0 saturated carbocycles. The van der Waals surface area contributed by atoms with E-state index in [9.17, 15) is 14.4 Å². The minimum absolute atomic E-state index is 0.0296. The Balaban J connectivity index is 0.000000203. The first-order chi connectivity index (χ1) is 16.8. The van der Waals surface area contributed by atoms with Gasteiger partial charge in [0.15, 0.2) is 5.78 Å². The lowest BCUT2D eigenvalue weighted by Crippen LogP contribution is -2.35. The first kappa shape index (κ1) is 26.1. The number of benzene rings is 1. The zero-order valence-electron chi connectivity index (χ0n) is 21.0. The summed E-state index contributed by atoms with van der Waals surface area (Å²) >= 11 is 0. The Morgan fingerprint density at radius 2 is 1.60 bits per heavy atom. The summed E-state index contributed by atoms with van der Waals surface area (Å²) in [5, 5.41) is 0. The van der Waals surface area contributed by atoms with Crippen molar-refractivity contribution in [1.82, 2.24) is 14.8 Å². The van der Waals surface area contributed by atoms with Gasteiger partial charge in [-0.1, -0.05) is 30.4 Å². The standard InChI is InChI=1S/C16H18N2O2.C13H17NO/c1-4-16(20)18-9-7-13(8-10-18)15-6-5-14(12(3)19)11(2)17-15;1-11-5-7-12(8-6-11)13(15)14-9-3-2-4-10-14/h4-7H,1,8-10H2,2-3H3;5-8H,2-4,9-10H2,1H3. The van der Waals surface area contributed by atoms with Gasteiger partial charge in [-0.2, -0.15) is 0 Å². The molecule has 2 aliphatic heterocycles. The number of aryl methyl sites for hydroxylation is 2. The maximum Gasteiger partial charge on any atom is 0.253 e. The maximum absolute atomic E-state index is 12.0. The Morgan fingerprint density at radius 3 is 2.14 bits per heavy atom. The van der Waals surface area contributed by atoms with Gasteiger partial charge in [0.1, 0.15) is 0 Å². The van der Waals surface area contributed by atoms with Crippen molar-refractivity contribution in [2.75, 3.05) is 26.2 Å². The molecule has 1 aromatic carbocycles. The van der Waals surface area contributed by atoms with Gasteiger partial charge in [-0.15, -0.1) is 0 Å². The molecule has 0 unspecified atom stereocenters. The van der Waals surface area contributed by atoms with Gasteiger partial charge in [-0.05, 0) is 82.4 Å². The normalized spacial score (nSPS) is 15.5. The summed E-state index contributed by atoms with van der Waals surface area (Å²) in [5.41, 5.74) is 5.44. The smallest absolute Gasteiger partial charge is 0.253 e. The van der Waals surface area contributed by atoms with E-state index in [-0.39, 0.29) is 17.6 Å². The summed E-state index contributed by atoms with van der Waals surface area (Å²) in [6, 6.07) is 11.5. The SMILES string of the molecule is C=CC(=O)N1CC=C(c2ccc(C(C)=O)c(C)n2)CC1.Cc1ccc(C(=O)N2CCCCC2)cc1. The van der Waals surface area contributed by atoms with Crippen LogP contribution in [0.1, 0.15) is 70.3 Å². The van der Waals surface area contributed by atoms with Crippen molar-refractivity contribution in [2.24, 2.45) is 0 Å². The number of piperidine rings is 1. The van der Waals surface area contributed by atoms with Crippen molar-refractivity contribution in [3.8, 4) is 0 Å². The van der Waals surface area contributed by atoms with E-state index in [1.54, 1.807) is 11.8 Å². The number of nitrogens with zero attached hydrogens (tertiary/aromatic N) is 3. The number of hydrogen-bond acceptors (Lipinski definition) is 4. The molecule has 0 atom stereocenters. The molecule has 0 radical (unpaired) electrons. The number of likely N-dealkylation sites (tertiary alicyclic amines) is 1. The van der Waals surface area contributed by atoms with Crippen LogP contribution in [0.3, 0.4) is 0 Å². The van der Waals surface area contributed by atoms with Crippen LogP contribution in [0.5, 0.6) is 0 Å². The van der Waals surface area contributed by atoms with Crippen LogP contribution in [0.2, 0.25) is 0 Å². The van der Waals surface area contributed by atoms with Gasteiger partial charge in [0.05, 0.1) is 5.69 Å². The van der Waals surface area contributed by atoms with E-state index in [0.717, 1.165) is 54.9 Å². The van der Waals surface area contributed by atoms with Crippen LogP contribution < -0.4 is 0 Å². The summed E-state index contributed by atoms with van der Waals surface area (Å²) in [4.78, 5) is 43.1. The average molecular weight is 474 g/mol. The molecule has 1 fully saturated rings. The predicted molar refractivity (Wildman–Crippen MR) is 139 cm³/mol. The zero-order valence-corrected chi connectivity index (χ0v) is 21.0. The van der Waals surface area contributed by atoms with Crippen LogP contribution in [0.4, 0.5) is 0 Å². The summed E-state index contributed by atoms with van der Waals surface area (Å²) in [7, 11) is 0. The van der Waals surface area contributed by atoms with Crippen molar-refractivity contribution in [3.63, 3.8) is 0 Å². The third kappa shape index (κ3) is 6.98. The Kier molecular flexibility index (Phi) is 9.12. The summed E-state index contributed by atoms with van der Waals surface area (Å²) in [6.07, 6.45) is 7.68. The Labute approximate surface area is 208 Å². The van der Waals surface area contributed by atoms with Gasteiger partial charge >= 0.3 is 0 Å². The van der Waals surface area contributed by atoms with Gasteiger partial charge in [-0.25, -0.2) is 0 Å². The fourth-order valence-electron chi connectivity index (χ4n) is 4.32. The first-order valence-corrected chi connectivity index (χ1v) is 12.3. The Hall–Kier alpha value is -3.54. The van der Waals surface area contributed by atoms with Gasteiger partial charge in [0.2, 0.25) is 5.91 Å². The molecule has 0 aliphatic carbocycles. The van der Waals surface area contributed by atoms with Gasteiger partial charge in [-0.3, -0.25) is 19.4 Å². The number of pyridine rings is 1. The fourth-order valence-corrected chi connectivity index (χ4v) is 4.32. The summed E-state index contributed by atoms with van der Waals surface area (Å²) in [6.45, 7) is 12.0. The number of carbonyl (C=O) groups excluding carboxylic acids is 3. The topological polar surface area (TPSA) is 70.6 Å². The van der Waals surface area contributed by atoms with Crippen LogP contribution >= 0.6 is 0 Å². The molecule has 1 aromatic heterocycles. The number of hydrogen-bond donors (Lipinski definition) is 0. The molecular weight excluding hydrogens is 438 g/mol. The number of aromatic nitrogens is 1. The van der Waals surface area contributed by atoms with Crippen LogP contribution in [0, 0.1) is 13.8 Å². The van der Waals surface area contributed by atoms with Crippen molar-refractivity contribution in [1.29, 1.82) is 0 Å².